The Hall–Kier alpha value is -2.36. The first-order chi connectivity index (χ1) is 9.58. The van der Waals surface area contributed by atoms with Crippen molar-refractivity contribution in [1.82, 2.24) is 0 Å². The highest BCUT2D eigenvalue weighted by atomic mass is 16.5. The molecule has 0 aromatic heterocycles. The second kappa shape index (κ2) is 4.63. The van der Waals surface area contributed by atoms with Crippen LogP contribution in [0.1, 0.15) is 0 Å². The molecule has 1 aliphatic rings. The number of hydrogen-bond acceptors (Lipinski definition) is 4. The molecule has 104 valence electrons. The second-order valence-corrected chi connectivity index (χ2v) is 5.32. The molecule has 0 atom stereocenters. The second-order valence-electron chi connectivity index (χ2n) is 5.32. The molecule has 4 nitrogen and oxygen atoms in total. The Bertz CT molecular complexity index is 650. The van der Waals surface area contributed by atoms with Gasteiger partial charge in [0.2, 0.25) is 0 Å². The Balaban J connectivity index is 2.16. The molecule has 0 aliphatic carbocycles. The predicted molar refractivity (Wildman–Crippen MR) is 84.9 cm³/mol. The fourth-order valence-electron chi connectivity index (χ4n) is 2.49. The van der Waals surface area contributed by atoms with Crippen LogP contribution in [0.25, 0.3) is 0 Å². The number of benzene rings is 2. The summed E-state index contributed by atoms with van der Waals surface area (Å²) in [6.07, 6.45) is 0. The minimum Gasteiger partial charge on any atom is -0.453 e. The number of nitrogens with one attached hydrogen (secondary N) is 1. The van der Waals surface area contributed by atoms with Gasteiger partial charge >= 0.3 is 0 Å². The van der Waals surface area contributed by atoms with Gasteiger partial charge in [0.15, 0.2) is 11.5 Å². The third kappa shape index (κ3) is 1.93. The SMILES string of the molecule is CN(C)c1ccc2c(c1N(C)C)Nc1ccccc1O2. The van der Waals surface area contributed by atoms with E-state index in [0.29, 0.717) is 0 Å². The van der Waals surface area contributed by atoms with Gasteiger partial charge in [-0.15, -0.1) is 0 Å². The van der Waals surface area contributed by atoms with Gasteiger partial charge in [-0.05, 0) is 24.3 Å². The zero-order valence-corrected chi connectivity index (χ0v) is 12.3. The van der Waals surface area contributed by atoms with E-state index in [2.05, 4.69) is 21.2 Å². The van der Waals surface area contributed by atoms with Crippen LogP contribution in [-0.4, -0.2) is 28.2 Å². The number of rotatable bonds is 2. The van der Waals surface area contributed by atoms with Crippen LogP contribution >= 0.6 is 0 Å². The van der Waals surface area contributed by atoms with E-state index in [1.165, 1.54) is 0 Å². The van der Waals surface area contributed by atoms with Crippen LogP contribution in [0.3, 0.4) is 0 Å². The molecular formula is C16H19N3O. The van der Waals surface area contributed by atoms with Crippen LogP contribution in [0, 0.1) is 0 Å². The summed E-state index contributed by atoms with van der Waals surface area (Å²) in [6, 6.07) is 12.1. The summed E-state index contributed by atoms with van der Waals surface area (Å²) < 4.78 is 6.00. The number of hydrogen-bond donors (Lipinski definition) is 1. The molecular weight excluding hydrogens is 250 g/mol. The smallest absolute Gasteiger partial charge is 0.153 e. The zero-order chi connectivity index (χ0) is 14.3. The summed E-state index contributed by atoms with van der Waals surface area (Å²) in [4.78, 5) is 4.22. The highest BCUT2D eigenvalue weighted by Gasteiger charge is 2.23. The van der Waals surface area contributed by atoms with Crippen LogP contribution in [0.2, 0.25) is 0 Å². The van der Waals surface area contributed by atoms with Crippen molar-refractivity contribution in [1.29, 1.82) is 0 Å². The Labute approximate surface area is 119 Å². The summed E-state index contributed by atoms with van der Waals surface area (Å²) in [5.41, 5.74) is 4.30. The Morgan fingerprint density at radius 3 is 2.30 bits per heavy atom. The maximum atomic E-state index is 6.00. The first-order valence-corrected chi connectivity index (χ1v) is 6.63. The van der Waals surface area contributed by atoms with Gasteiger partial charge in [0, 0.05) is 28.2 Å². The lowest BCUT2D eigenvalue weighted by Crippen LogP contribution is -2.19. The quantitative estimate of drug-likeness (QED) is 0.768. The van der Waals surface area contributed by atoms with Crippen molar-refractivity contribution in [2.45, 2.75) is 0 Å². The molecule has 0 spiro atoms. The van der Waals surface area contributed by atoms with Gasteiger partial charge in [-0.25, -0.2) is 0 Å². The van der Waals surface area contributed by atoms with Gasteiger partial charge in [-0.2, -0.15) is 0 Å². The van der Waals surface area contributed by atoms with Crippen LogP contribution in [0.15, 0.2) is 36.4 Å². The maximum absolute atomic E-state index is 6.00. The van der Waals surface area contributed by atoms with Gasteiger partial charge in [-0.1, -0.05) is 12.1 Å². The number of fused-ring (bicyclic) bond motifs is 2. The highest BCUT2D eigenvalue weighted by molar-refractivity contribution is 5.92. The lowest BCUT2D eigenvalue weighted by molar-refractivity contribution is 0.481. The van der Waals surface area contributed by atoms with E-state index in [-0.39, 0.29) is 0 Å². The minimum absolute atomic E-state index is 0.859. The van der Waals surface area contributed by atoms with Crippen molar-refractivity contribution in [2.75, 3.05) is 43.3 Å². The average Bonchev–Trinajstić information content (AvgIpc) is 2.43. The van der Waals surface area contributed by atoms with E-state index in [1.54, 1.807) is 0 Å². The number of anilines is 4. The minimum atomic E-state index is 0.859. The number of nitrogens with zero attached hydrogens (tertiary/aromatic N) is 2. The maximum Gasteiger partial charge on any atom is 0.153 e. The van der Waals surface area contributed by atoms with Crippen molar-refractivity contribution in [3.05, 3.63) is 36.4 Å². The van der Waals surface area contributed by atoms with E-state index in [9.17, 15) is 0 Å². The van der Waals surface area contributed by atoms with Crippen molar-refractivity contribution in [3.8, 4) is 11.5 Å². The third-order valence-corrected chi connectivity index (χ3v) is 3.41. The largest absolute Gasteiger partial charge is 0.453 e. The van der Waals surface area contributed by atoms with Crippen molar-refractivity contribution < 1.29 is 4.74 Å². The topological polar surface area (TPSA) is 27.7 Å². The summed E-state index contributed by atoms with van der Waals surface area (Å²) in [6.45, 7) is 0. The Kier molecular flexibility index (Phi) is 2.93. The summed E-state index contributed by atoms with van der Waals surface area (Å²) in [7, 11) is 8.19. The first-order valence-electron chi connectivity index (χ1n) is 6.63. The molecule has 2 aromatic carbocycles. The first kappa shape index (κ1) is 12.7. The molecule has 0 saturated carbocycles. The van der Waals surface area contributed by atoms with Crippen LogP contribution in [0.5, 0.6) is 11.5 Å². The predicted octanol–water partition coefficient (Wildman–Crippen LogP) is 3.67. The fourth-order valence-corrected chi connectivity index (χ4v) is 2.49. The molecule has 3 rings (SSSR count). The van der Waals surface area contributed by atoms with Crippen LogP contribution < -0.4 is 19.9 Å². The van der Waals surface area contributed by atoms with Crippen LogP contribution in [-0.2, 0) is 0 Å². The average molecular weight is 269 g/mol. The van der Waals surface area contributed by atoms with Crippen molar-refractivity contribution in [3.63, 3.8) is 0 Å². The summed E-state index contributed by atoms with van der Waals surface area (Å²) >= 11 is 0. The van der Waals surface area contributed by atoms with Gasteiger partial charge in [0.05, 0.1) is 17.1 Å². The molecule has 2 aromatic rings. The molecule has 0 saturated heterocycles. The Morgan fingerprint density at radius 1 is 0.850 bits per heavy atom. The molecule has 0 amide bonds. The number of ether oxygens (including phenoxy) is 1. The molecule has 1 N–H and O–H groups in total. The van der Waals surface area contributed by atoms with Gasteiger partial charge in [0.25, 0.3) is 0 Å². The zero-order valence-electron chi connectivity index (χ0n) is 12.3. The Morgan fingerprint density at radius 2 is 1.60 bits per heavy atom. The van der Waals surface area contributed by atoms with Crippen molar-refractivity contribution in [2.24, 2.45) is 0 Å². The van der Waals surface area contributed by atoms with Gasteiger partial charge < -0.3 is 19.9 Å². The lowest BCUT2D eigenvalue weighted by atomic mass is 10.1. The molecule has 1 heterocycles. The fraction of sp³-hybridized carbons (Fsp3) is 0.250. The van der Waals surface area contributed by atoms with Gasteiger partial charge in [-0.3, -0.25) is 0 Å². The van der Waals surface area contributed by atoms with E-state index in [4.69, 9.17) is 4.74 Å². The van der Waals surface area contributed by atoms with Crippen LogP contribution in [0.4, 0.5) is 22.7 Å². The lowest BCUT2D eigenvalue weighted by Gasteiger charge is -2.30. The molecule has 20 heavy (non-hydrogen) atoms. The van der Waals surface area contributed by atoms with E-state index >= 15 is 0 Å². The van der Waals surface area contributed by atoms with Crippen molar-refractivity contribution >= 4 is 22.7 Å². The standard InChI is InChI=1S/C16H19N3O/c1-18(2)12-9-10-14-15(16(12)19(3)4)17-11-7-5-6-8-13(11)20-14/h5-10,17H,1-4H3. The van der Waals surface area contributed by atoms with E-state index < -0.39 is 0 Å². The normalized spacial score (nSPS) is 11.8. The molecule has 0 fully saturated rings. The molecule has 0 radical (unpaired) electrons. The van der Waals surface area contributed by atoms with E-state index in [0.717, 1.165) is 34.2 Å². The summed E-state index contributed by atoms with van der Waals surface area (Å²) in [5, 5.41) is 3.49. The molecule has 0 unspecified atom stereocenters. The molecule has 1 aliphatic heterocycles. The number of para-hydroxylation sites is 2. The monoisotopic (exact) mass is 269 g/mol. The van der Waals surface area contributed by atoms with Gasteiger partial charge in [0.1, 0.15) is 5.69 Å². The highest BCUT2D eigenvalue weighted by Crippen LogP contribution is 2.49. The van der Waals surface area contributed by atoms with E-state index in [1.807, 2.05) is 58.5 Å². The summed E-state index contributed by atoms with van der Waals surface area (Å²) in [5.74, 6) is 1.72. The molecule has 0 bridgehead atoms. The third-order valence-electron chi connectivity index (χ3n) is 3.41. The molecule has 4 heteroatoms.